The van der Waals surface area contributed by atoms with Crippen molar-refractivity contribution in [3.8, 4) is 0 Å². The van der Waals surface area contributed by atoms with E-state index in [1.54, 1.807) is 0 Å². The van der Waals surface area contributed by atoms with E-state index in [0.717, 1.165) is 0 Å². The summed E-state index contributed by atoms with van der Waals surface area (Å²) in [5.41, 5.74) is 5.31. The van der Waals surface area contributed by atoms with Gasteiger partial charge in [-0.1, -0.05) is 5.16 Å². The van der Waals surface area contributed by atoms with Crippen molar-refractivity contribution in [2.75, 3.05) is 5.73 Å². The highest BCUT2D eigenvalue weighted by molar-refractivity contribution is 7.89. The molecule has 0 saturated carbocycles. The lowest BCUT2D eigenvalue weighted by Crippen LogP contribution is -2.38. The molecule has 1 aromatic heterocycles. The van der Waals surface area contributed by atoms with E-state index in [1.807, 2.05) is 4.72 Å². The van der Waals surface area contributed by atoms with Crippen LogP contribution in [0.4, 0.5) is 5.82 Å². The van der Waals surface area contributed by atoms with Crippen LogP contribution < -0.4 is 10.5 Å². The number of aliphatic carboxylic acids is 1. The molecule has 0 fully saturated rings. The topological polar surface area (TPSA) is 136 Å². The number of hydrogen-bond donors (Lipinski definition) is 3. The number of carboxylic acid groups (broad SMARTS) is 1. The molecule has 0 aromatic carbocycles. The number of hydrogen-bond acceptors (Lipinski definition) is 6. The molecule has 1 rings (SSSR count). The van der Waals surface area contributed by atoms with E-state index in [1.165, 1.54) is 13.8 Å². The van der Waals surface area contributed by atoms with Crippen LogP contribution in [0.2, 0.25) is 0 Å². The van der Waals surface area contributed by atoms with Crippen molar-refractivity contribution in [1.29, 1.82) is 0 Å². The molecule has 1 atom stereocenters. The zero-order valence-corrected chi connectivity index (χ0v) is 9.41. The van der Waals surface area contributed by atoms with Crippen LogP contribution >= 0.6 is 0 Å². The summed E-state index contributed by atoms with van der Waals surface area (Å²) in [6.07, 6.45) is 0. The van der Waals surface area contributed by atoms with Gasteiger partial charge in [0.15, 0.2) is 16.5 Å². The van der Waals surface area contributed by atoms with Gasteiger partial charge in [0.25, 0.3) is 0 Å². The number of nitrogens with one attached hydrogen (secondary N) is 1. The number of nitrogens with zero attached hydrogens (tertiary/aromatic N) is 1. The molecule has 4 N–H and O–H groups in total. The average Bonchev–Trinajstić information content (AvgIpc) is 2.45. The van der Waals surface area contributed by atoms with Gasteiger partial charge in [0, 0.05) is 0 Å². The lowest BCUT2D eigenvalue weighted by molar-refractivity contribution is -0.138. The van der Waals surface area contributed by atoms with Gasteiger partial charge in [-0.15, -0.1) is 0 Å². The Bertz CT molecular complexity index is 487. The summed E-state index contributed by atoms with van der Waals surface area (Å²) in [6, 6.07) is -1.27. The predicted molar refractivity (Wildman–Crippen MR) is 53.1 cm³/mol. The van der Waals surface area contributed by atoms with Crippen LogP contribution in [0.15, 0.2) is 9.42 Å². The number of anilines is 1. The predicted octanol–water partition coefficient (Wildman–Crippen LogP) is -0.683. The van der Waals surface area contributed by atoms with E-state index in [0.29, 0.717) is 0 Å². The number of aromatic nitrogens is 1. The van der Waals surface area contributed by atoms with Crippen LogP contribution in [-0.2, 0) is 14.8 Å². The molecule has 0 radical (unpaired) electrons. The third-order valence-corrected chi connectivity index (χ3v) is 3.50. The zero-order chi connectivity index (χ0) is 12.5. The van der Waals surface area contributed by atoms with Gasteiger partial charge in [0.1, 0.15) is 6.04 Å². The molecule has 0 aliphatic carbocycles. The number of carboxylic acids is 1. The van der Waals surface area contributed by atoms with E-state index in [4.69, 9.17) is 10.8 Å². The zero-order valence-electron chi connectivity index (χ0n) is 8.59. The molecule has 0 saturated heterocycles. The summed E-state index contributed by atoms with van der Waals surface area (Å²) in [4.78, 5) is 10.2. The van der Waals surface area contributed by atoms with Crippen LogP contribution in [0.3, 0.4) is 0 Å². The lowest BCUT2D eigenvalue weighted by Gasteiger charge is -2.09. The largest absolute Gasteiger partial charge is 0.480 e. The molecule has 0 bridgehead atoms. The first kappa shape index (κ1) is 12.5. The highest BCUT2D eigenvalue weighted by Crippen LogP contribution is 2.21. The SMILES string of the molecule is Cc1onc(N)c1S(=O)(=O)NC(C)C(=O)O. The van der Waals surface area contributed by atoms with Crippen LogP contribution in [0.5, 0.6) is 0 Å². The van der Waals surface area contributed by atoms with E-state index < -0.39 is 22.0 Å². The quantitative estimate of drug-likeness (QED) is 0.642. The Kier molecular flexibility index (Phi) is 3.19. The van der Waals surface area contributed by atoms with Crippen LogP contribution in [0.25, 0.3) is 0 Å². The van der Waals surface area contributed by atoms with Crippen molar-refractivity contribution in [1.82, 2.24) is 9.88 Å². The highest BCUT2D eigenvalue weighted by atomic mass is 32.2. The Morgan fingerprint density at radius 3 is 2.56 bits per heavy atom. The van der Waals surface area contributed by atoms with Crippen molar-refractivity contribution in [3.05, 3.63) is 5.76 Å². The summed E-state index contributed by atoms with van der Waals surface area (Å²) in [5.74, 6) is -1.60. The monoisotopic (exact) mass is 249 g/mol. The second-order valence-corrected chi connectivity index (χ2v) is 4.79. The van der Waals surface area contributed by atoms with E-state index in [2.05, 4.69) is 9.68 Å². The minimum atomic E-state index is -4.03. The maximum absolute atomic E-state index is 11.7. The summed E-state index contributed by atoms with van der Waals surface area (Å²) in [6.45, 7) is 2.56. The van der Waals surface area contributed by atoms with Crippen LogP contribution in [0.1, 0.15) is 12.7 Å². The molecule has 0 spiro atoms. The van der Waals surface area contributed by atoms with Crippen molar-refractivity contribution in [2.24, 2.45) is 0 Å². The number of carbonyl (C=O) groups is 1. The molecule has 0 aliphatic heterocycles. The fourth-order valence-corrected chi connectivity index (χ4v) is 2.46. The van der Waals surface area contributed by atoms with Crippen molar-refractivity contribution < 1.29 is 22.8 Å². The van der Waals surface area contributed by atoms with Gasteiger partial charge in [-0.25, -0.2) is 8.42 Å². The van der Waals surface area contributed by atoms with Gasteiger partial charge in [0.05, 0.1) is 0 Å². The summed E-state index contributed by atoms with van der Waals surface area (Å²) in [7, 11) is -4.03. The second-order valence-electron chi connectivity index (χ2n) is 3.13. The van der Waals surface area contributed by atoms with Gasteiger partial charge in [0.2, 0.25) is 10.0 Å². The van der Waals surface area contributed by atoms with Gasteiger partial charge in [-0.3, -0.25) is 4.79 Å². The molecule has 16 heavy (non-hydrogen) atoms. The minimum Gasteiger partial charge on any atom is -0.480 e. The molecule has 1 heterocycles. The Balaban J connectivity index is 3.09. The Morgan fingerprint density at radius 1 is 1.62 bits per heavy atom. The third-order valence-electron chi connectivity index (χ3n) is 1.80. The molecular weight excluding hydrogens is 238 g/mol. The van der Waals surface area contributed by atoms with E-state index >= 15 is 0 Å². The smallest absolute Gasteiger partial charge is 0.321 e. The number of rotatable bonds is 4. The normalized spacial score (nSPS) is 13.6. The van der Waals surface area contributed by atoms with E-state index in [-0.39, 0.29) is 16.5 Å². The molecule has 0 amide bonds. The van der Waals surface area contributed by atoms with E-state index in [9.17, 15) is 13.2 Å². The van der Waals surface area contributed by atoms with Crippen LogP contribution in [0, 0.1) is 6.92 Å². The highest BCUT2D eigenvalue weighted by Gasteiger charge is 2.28. The van der Waals surface area contributed by atoms with Gasteiger partial charge in [-0.2, -0.15) is 4.72 Å². The third kappa shape index (κ3) is 2.31. The minimum absolute atomic E-state index is 0.00240. The average molecular weight is 249 g/mol. The molecule has 8 nitrogen and oxygen atoms in total. The van der Waals surface area contributed by atoms with Crippen LogP contribution in [-0.4, -0.2) is 30.7 Å². The molecular formula is C7H11N3O5S. The molecule has 9 heteroatoms. The molecule has 90 valence electrons. The Labute approximate surface area is 91.5 Å². The second kappa shape index (κ2) is 4.10. The maximum Gasteiger partial charge on any atom is 0.321 e. The summed E-state index contributed by atoms with van der Waals surface area (Å²) in [5, 5.41) is 11.9. The Hall–Kier alpha value is -1.61. The van der Waals surface area contributed by atoms with Gasteiger partial charge < -0.3 is 15.4 Å². The molecule has 0 aliphatic rings. The first-order valence-corrected chi connectivity index (χ1v) is 5.71. The standard InChI is InChI=1S/C7H11N3O5S/c1-3(7(11)12)10-16(13,14)5-4(2)15-9-6(5)8/h3,10H,1-2H3,(H2,8,9)(H,11,12). The van der Waals surface area contributed by atoms with Gasteiger partial charge in [-0.05, 0) is 13.8 Å². The van der Waals surface area contributed by atoms with Crippen molar-refractivity contribution in [2.45, 2.75) is 24.8 Å². The van der Waals surface area contributed by atoms with Gasteiger partial charge >= 0.3 is 5.97 Å². The fourth-order valence-electron chi connectivity index (χ4n) is 1.05. The van der Waals surface area contributed by atoms with Crippen molar-refractivity contribution >= 4 is 21.8 Å². The number of nitrogens with two attached hydrogens (primary N) is 1. The first-order chi connectivity index (χ1) is 7.25. The number of aryl methyl sites for hydroxylation is 1. The Morgan fingerprint density at radius 2 is 2.19 bits per heavy atom. The summed E-state index contributed by atoms with van der Waals surface area (Å²) < 4.78 is 29.9. The fraction of sp³-hybridized carbons (Fsp3) is 0.429. The summed E-state index contributed by atoms with van der Waals surface area (Å²) >= 11 is 0. The van der Waals surface area contributed by atoms with Crippen molar-refractivity contribution in [3.63, 3.8) is 0 Å². The first-order valence-electron chi connectivity index (χ1n) is 4.22. The maximum atomic E-state index is 11.7. The number of sulfonamides is 1. The number of nitrogen functional groups attached to an aromatic ring is 1. The molecule has 1 unspecified atom stereocenters. The lowest BCUT2D eigenvalue weighted by atomic mass is 10.4. The molecule has 1 aromatic rings.